The van der Waals surface area contributed by atoms with E-state index in [-0.39, 0.29) is 12.1 Å². The Hall–Kier alpha value is -1.63. The Labute approximate surface area is 119 Å². The average Bonchev–Trinajstić information content (AvgIpc) is 2.99. The van der Waals surface area contributed by atoms with Crippen molar-refractivity contribution >= 4 is 11.9 Å². The van der Waals surface area contributed by atoms with Crippen molar-refractivity contribution in [3.05, 3.63) is 0 Å². The average molecular weight is 281 g/mol. The molecule has 0 saturated carbocycles. The third-order valence-electron chi connectivity index (χ3n) is 3.15. The molecule has 1 saturated heterocycles. The predicted molar refractivity (Wildman–Crippen MR) is 77.2 cm³/mol. The van der Waals surface area contributed by atoms with Crippen LogP contribution < -0.4 is 15.4 Å². The second kappa shape index (κ2) is 7.23. The summed E-state index contributed by atoms with van der Waals surface area (Å²) in [5, 5.41) is 6.18. The SMILES string of the molecule is CCCOc1nc(NC)nc(NC(C)C2CCCO2)n1. The maximum atomic E-state index is 5.66. The highest BCUT2D eigenvalue weighted by molar-refractivity contribution is 5.36. The van der Waals surface area contributed by atoms with Gasteiger partial charge in [-0.15, -0.1) is 0 Å². The lowest BCUT2D eigenvalue weighted by Crippen LogP contribution is -2.31. The standard InChI is InChI=1S/C13H23N5O2/c1-4-7-20-13-17-11(14-3)16-12(18-13)15-9(2)10-6-5-8-19-10/h9-10H,4-8H2,1-3H3,(H2,14,15,16,17,18). The van der Waals surface area contributed by atoms with E-state index in [2.05, 4.69) is 32.5 Å². The van der Waals surface area contributed by atoms with Crippen LogP contribution >= 0.6 is 0 Å². The molecular weight excluding hydrogens is 258 g/mol. The molecule has 1 aromatic heterocycles. The van der Waals surface area contributed by atoms with E-state index >= 15 is 0 Å². The minimum atomic E-state index is 0.156. The molecule has 2 atom stereocenters. The van der Waals surface area contributed by atoms with Gasteiger partial charge in [-0.1, -0.05) is 6.92 Å². The Morgan fingerprint density at radius 3 is 2.80 bits per heavy atom. The first-order valence-electron chi connectivity index (χ1n) is 7.17. The van der Waals surface area contributed by atoms with Crippen molar-refractivity contribution < 1.29 is 9.47 Å². The van der Waals surface area contributed by atoms with E-state index in [0.717, 1.165) is 25.9 Å². The third kappa shape index (κ3) is 3.93. The molecule has 2 rings (SSSR count). The molecule has 1 aliphatic rings. The molecule has 112 valence electrons. The minimum absolute atomic E-state index is 0.156. The molecule has 1 fully saturated rings. The van der Waals surface area contributed by atoms with Crippen LogP contribution in [0.1, 0.15) is 33.1 Å². The van der Waals surface area contributed by atoms with Crippen molar-refractivity contribution in [2.75, 3.05) is 30.9 Å². The van der Waals surface area contributed by atoms with E-state index < -0.39 is 0 Å². The number of anilines is 2. The maximum Gasteiger partial charge on any atom is 0.323 e. The fraction of sp³-hybridized carbons (Fsp3) is 0.769. The highest BCUT2D eigenvalue weighted by Crippen LogP contribution is 2.19. The third-order valence-corrected chi connectivity index (χ3v) is 3.15. The van der Waals surface area contributed by atoms with Crippen molar-refractivity contribution in [1.82, 2.24) is 15.0 Å². The highest BCUT2D eigenvalue weighted by Gasteiger charge is 2.23. The van der Waals surface area contributed by atoms with Crippen LogP contribution in [0.3, 0.4) is 0 Å². The van der Waals surface area contributed by atoms with Crippen molar-refractivity contribution in [3.8, 4) is 6.01 Å². The lowest BCUT2D eigenvalue weighted by atomic mass is 10.1. The smallest absolute Gasteiger partial charge is 0.323 e. The molecule has 2 heterocycles. The van der Waals surface area contributed by atoms with Gasteiger partial charge in [-0.05, 0) is 26.2 Å². The number of ether oxygens (including phenoxy) is 2. The van der Waals surface area contributed by atoms with Gasteiger partial charge in [0, 0.05) is 13.7 Å². The summed E-state index contributed by atoms with van der Waals surface area (Å²) in [6.07, 6.45) is 3.30. The largest absolute Gasteiger partial charge is 0.463 e. The number of hydrogen-bond donors (Lipinski definition) is 2. The van der Waals surface area contributed by atoms with Crippen molar-refractivity contribution in [2.24, 2.45) is 0 Å². The topological polar surface area (TPSA) is 81.2 Å². The molecular formula is C13H23N5O2. The summed E-state index contributed by atoms with van der Waals surface area (Å²) in [7, 11) is 1.77. The van der Waals surface area contributed by atoms with Crippen LogP contribution in [-0.2, 0) is 4.74 Å². The number of hydrogen-bond acceptors (Lipinski definition) is 7. The monoisotopic (exact) mass is 281 g/mol. The molecule has 0 spiro atoms. The first kappa shape index (κ1) is 14.8. The van der Waals surface area contributed by atoms with Crippen LogP contribution in [0.4, 0.5) is 11.9 Å². The Balaban J connectivity index is 2.04. The van der Waals surface area contributed by atoms with Gasteiger partial charge in [0.1, 0.15) is 0 Å². The van der Waals surface area contributed by atoms with Crippen molar-refractivity contribution in [1.29, 1.82) is 0 Å². The molecule has 0 aliphatic carbocycles. The molecule has 20 heavy (non-hydrogen) atoms. The van der Waals surface area contributed by atoms with Gasteiger partial charge in [0.2, 0.25) is 11.9 Å². The number of aromatic nitrogens is 3. The molecule has 7 heteroatoms. The lowest BCUT2D eigenvalue weighted by molar-refractivity contribution is 0.0994. The first-order chi connectivity index (χ1) is 9.72. The predicted octanol–water partition coefficient (Wildman–Crippen LogP) is 1.68. The van der Waals surface area contributed by atoms with Gasteiger partial charge in [-0.2, -0.15) is 15.0 Å². The number of nitrogens with zero attached hydrogens (tertiary/aromatic N) is 3. The zero-order valence-electron chi connectivity index (χ0n) is 12.3. The Kier molecular flexibility index (Phi) is 5.34. The fourth-order valence-corrected chi connectivity index (χ4v) is 2.08. The summed E-state index contributed by atoms with van der Waals surface area (Å²) in [6, 6.07) is 0.497. The van der Waals surface area contributed by atoms with Gasteiger partial charge in [0.05, 0.1) is 18.8 Å². The van der Waals surface area contributed by atoms with E-state index in [9.17, 15) is 0 Å². The summed E-state index contributed by atoms with van der Waals surface area (Å²) >= 11 is 0. The second-order valence-corrected chi connectivity index (χ2v) is 4.85. The summed E-state index contributed by atoms with van der Waals surface area (Å²) in [6.45, 7) is 5.54. The second-order valence-electron chi connectivity index (χ2n) is 4.85. The van der Waals surface area contributed by atoms with Gasteiger partial charge in [-0.25, -0.2) is 0 Å². The minimum Gasteiger partial charge on any atom is -0.463 e. The lowest BCUT2D eigenvalue weighted by Gasteiger charge is -2.20. The molecule has 0 amide bonds. The van der Waals surface area contributed by atoms with Gasteiger partial charge >= 0.3 is 6.01 Å². The zero-order chi connectivity index (χ0) is 14.4. The quantitative estimate of drug-likeness (QED) is 0.787. The molecule has 0 aromatic carbocycles. The fourth-order valence-electron chi connectivity index (χ4n) is 2.08. The van der Waals surface area contributed by atoms with Crippen LogP contribution in [0.25, 0.3) is 0 Å². The Morgan fingerprint density at radius 2 is 2.15 bits per heavy atom. The molecule has 7 nitrogen and oxygen atoms in total. The van der Waals surface area contributed by atoms with Gasteiger partial charge in [0.25, 0.3) is 0 Å². The van der Waals surface area contributed by atoms with E-state index in [0.29, 0.717) is 24.5 Å². The Bertz CT molecular complexity index is 423. The maximum absolute atomic E-state index is 5.66. The van der Waals surface area contributed by atoms with E-state index in [1.54, 1.807) is 7.05 Å². The molecule has 0 bridgehead atoms. The van der Waals surface area contributed by atoms with Crippen LogP contribution in [-0.4, -0.2) is 47.4 Å². The van der Waals surface area contributed by atoms with Crippen molar-refractivity contribution in [3.63, 3.8) is 0 Å². The van der Waals surface area contributed by atoms with E-state index in [1.807, 2.05) is 6.92 Å². The van der Waals surface area contributed by atoms with Crippen LogP contribution in [0.2, 0.25) is 0 Å². The number of rotatable bonds is 7. The molecule has 2 N–H and O–H groups in total. The van der Waals surface area contributed by atoms with Crippen LogP contribution in [0, 0.1) is 0 Å². The normalized spacial score (nSPS) is 19.6. The Morgan fingerprint density at radius 1 is 1.35 bits per heavy atom. The van der Waals surface area contributed by atoms with Crippen molar-refractivity contribution in [2.45, 2.75) is 45.3 Å². The van der Waals surface area contributed by atoms with Gasteiger partial charge in [-0.3, -0.25) is 0 Å². The van der Waals surface area contributed by atoms with E-state index in [1.165, 1.54) is 0 Å². The highest BCUT2D eigenvalue weighted by atomic mass is 16.5. The van der Waals surface area contributed by atoms with Gasteiger partial charge < -0.3 is 20.1 Å². The summed E-state index contributed by atoms with van der Waals surface area (Å²) in [5.41, 5.74) is 0. The molecule has 2 unspecified atom stereocenters. The zero-order valence-corrected chi connectivity index (χ0v) is 12.3. The molecule has 1 aromatic rings. The van der Waals surface area contributed by atoms with Gasteiger partial charge in [0.15, 0.2) is 0 Å². The summed E-state index contributed by atoms with van der Waals surface area (Å²) < 4.78 is 11.1. The summed E-state index contributed by atoms with van der Waals surface area (Å²) in [5.74, 6) is 1.01. The number of nitrogens with one attached hydrogen (secondary N) is 2. The summed E-state index contributed by atoms with van der Waals surface area (Å²) in [4.78, 5) is 12.7. The first-order valence-corrected chi connectivity index (χ1v) is 7.17. The van der Waals surface area contributed by atoms with Crippen LogP contribution in [0.15, 0.2) is 0 Å². The van der Waals surface area contributed by atoms with E-state index in [4.69, 9.17) is 9.47 Å². The molecule has 1 aliphatic heterocycles. The molecule has 0 radical (unpaired) electrons. The van der Waals surface area contributed by atoms with Crippen LogP contribution in [0.5, 0.6) is 6.01 Å².